The van der Waals surface area contributed by atoms with E-state index < -0.39 is 11.4 Å². The van der Waals surface area contributed by atoms with Gasteiger partial charge in [-0.15, -0.1) is 0 Å². The van der Waals surface area contributed by atoms with Crippen LogP contribution in [-0.4, -0.2) is 29.7 Å². The number of aliphatic carboxylic acids is 1. The molecule has 0 aromatic carbocycles. The summed E-state index contributed by atoms with van der Waals surface area (Å²) in [6.45, 7) is 6.33. The first kappa shape index (κ1) is 13.8. The van der Waals surface area contributed by atoms with Crippen molar-refractivity contribution in [3.05, 3.63) is 0 Å². The number of amides is 2. The number of urea groups is 1. The van der Waals surface area contributed by atoms with Crippen molar-refractivity contribution in [2.24, 2.45) is 11.3 Å². The van der Waals surface area contributed by atoms with Gasteiger partial charge in [-0.1, -0.05) is 20.3 Å². The van der Waals surface area contributed by atoms with Crippen LogP contribution in [0.25, 0.3) is 0 Å². The van der Waals surface area contributed by atoms with E-state index in [0.29, 0.717) is 18.8 Å². The van der Waals surface area contributed by atoms with E-state index in [1.54, 1.807) is 0 Å². The topological polar surface area (TPSA) is 78.4 Å². The van der Waals surface area contributed by atoms with Crippen molar-refractivity contribution in [2.75, 3.05) is 6.54 Å². The lowest BCUT2D eigenvalue weighted by Gasteiger charge is -2.20. The van der Waals surface area contributed by atoms with Crippen LogP contribution in [0.2, 0.25) is 0 Å². The van der Waals surface area contributed by atoms with Gasteiger partial charge < -0.3 is 15.7 Å². The molecule has 5 heteroatoms. The number of rotatable bonds is 6. The fourth-order valence-corrected chi connectivity index (χ4v) is 1.62. The molecule has 5 nitrogen and oxygen atoms in total. The minimum Gasteiger partial charge on any atom is -0.481 e. The minimum atomic E-state index is -0.812. The van der Waals surface area contributed by atoms with Gasteiger partial charge in [0.2, 0.25) is 0 Å². The molecule has 2 amide bonds. The molecule has 1 fully saturated rings. The Morgan fingerprint density at radius 2 is 1.94 bits per heavy atom. The van der Waals surface area contributed by atoms with Crippen LogP contribution in [0.1, 0.15) is 40.0 Å². The molecule has 1 saturated carbocycles. The maximum absolute atomic E-state index is 11.6. The Morgan fingerprint density at radius 3 is 2.35 bits per heavy atom. The maximum atomic E-state index is 11.6. The molecular formula is C12H22N2O3. The number of carbonyl (C=O) groups is 2. The summed E-state index contributed by atoms with van der Waals surface area (Å²) < 4.78 is 0. The Balaban J connectivity index is 2.29. The average molecular weight is 242 g/mol. The van der Waals surface area contributed by atoms with E-state index >= 15 is 0 Å². The van der Waals surface area contributed by atoms with Crippen LogP contribution in [0.15, 0.2) is 0 Å². The highest BCUT2D eigenvalue weighted by Gasteiger charge is 2.50. The number of carboxylic acids is 1. The van der Waals surface area contributed by atoms with E-state index in [0.717, 1.165) is 6.42 Å². The minimum absolute atomic E-state index is 0.0972. The highest BCUT2D eigenvalue weighted by atomic mass is 16.4. The summed E-state index contributed by atoms with van der Waals surface area (Å²) in [6.07, 6.45) is 2.31. The van der Waals surface area contributed by atoms with Gasteiger partial charge in [-0.3, -0.25) is 4.79 Å². The Kier molecular flexibility index (Phi) is 4.37. The van der Waals surface area contributed by atoms with Crippen LogP contribution in [-0.2, 0) is 4.79 Å². The van der Waals surface area contributed by atoms with Gasteiger partial charge in [-0.2, -0.15) is 0 Å². The van der Waals surface area contributed by atoms with Crippen molar-refractivity contribution >= 4 is 12.0 Å². The van der Waals surface area contributed by atoms with E-state index in [1.165, 1.54) is 0 Å². The SMILES string of the molecule is CCC(C)C(C)NC(=O)NCC1(C(=O)O)CC1. The first-order valence-electron chi connectivity index (χ1n) is 6.19. The van der Waals surface area contributed by atoms with Crippen LogP contribution in [0.5, 0.6) is 0 Å². The zero-order valence-electron chi connectivity index (χ0n) is 10.7. The van der Waals surface area contributed by atoms with E-state index in [-0.39, 0.29) is 18.6 Å². The molecule has 1 aliphatic rings. The molecule has 1 aliphatic carbocycles. The fourth-order valence-electron chi connectivity index (χ4n) is 1.62. The van der Waals surface area contributed by atoms with Gasteiger partial charge in [0.1, 0.15) is 0 Å². The largest absolute Gasteiger partial charge is 0.481 e. The second kappa shape index (κ2) is 5.38. The normalized spacial score (nSPS) is 20.2. The van der Waals surface area contributed by atoms with Crippen molar-refractivity contribution in [3.8, 4) is 0 Å². The van der Waals surface area contributed by atoms with Gasteiger partial charge in [0, 0.05) is 12.6 Å². The Morgan fingerprint density at radius 1 is 1.35 bits per heavy atom. The number of nitrogens with one attached hydrogen (secondary N) is 2. The zero-order valence-corrected chi connectivity index (χ0v) is 10.7. The van der Waals surface area contributed by atoms with Crippen LogP contribution in [0, 0.1) is 11.3 Å². The molecular weight excluding hydrogens is 220 g/mol. The third kappa shape index (κ3) is 3.61. The summed E-state index contributed by atoms with van der Waals surface area (Å²) in [7, 11) is 0. The van der Waals surface area contributed by atoms with Crippen LogP contribution in [0.4, 0.5) is 4.79 Å². The maximum Gasteiger partial charge on any atom is 0.315 e. The van der Waals surface area contributed by atoms with Crippen molar-refractivity contribution < 1.29 is 14.7 Å². The molecule has 0 heterocycles. The molecule has 0 saturated heterocycles. The van der Waals surface area contributed by atoms with Crippen molar-refractivity contribution in [1.82, 2.24) is 10.6 Å². The van der Waals surface area contributed by atoms with Crippen molar-refractivity contribution in [3.63, 3.8) is 0 Å². The van der Waals surface area contributed by atoms with Crippen molar-refractivity contribution in [1.29, 1.82) is 0 Å². The Hall–Kier alpha value is -1.26. The van der Waals surface area contributed by atoms with E-state index in [9.17, 15) is 9.59 Å². The Bertz CT molecular complexity index is 300. The molecule has 0 aromatic heterocycles. The van der Waals surface area contributed by atoms with Crippen molar-refractivity contribution in [2.45, 2.75) is 46.1 Å². The first-order valence-corrected chi connectivity index (χ1v) is 6.19. The monoisotopic (exact) mass is 242 g/mol. The lowest BCUT2D eigenvalue weighted by atomic mass is 10.0. The summed E-state index contributed by atoms with van der Waals surface area (Å²) in [6, 6.07) is -0.176. The molecule has 3 N–H and O–H groups in total. The summed E-state index contributed by atoms with van der Waals surface area (Å²) in [5.74, 6) is -0.400. The third-order valence-corrected chi connectivity index (χ3v) is 3.75. The van der Waals surface area contributed by atoms with Gasteiger partial charge >= 0.3 is 12.0 Å². The predicted molar refractivity (Wildman–Crippen MR) is 64.8 cm³/mol. The molecule has 0 spiro atoms. The smallest absolute Gasteiger partial charge is 0.315 e. The number of carbonyl (C=O) groups excluding carboxylic acids is 1. The predicted octanol–water partition coefficient (Wildman–Crippen LogP) is 1.58. The average Bonchev–Trinajstić information content (AvgIpc) is 3.06. The highest BCUT2D eigenvalue weighted by molar-refractivity contribution is 5.80. The Labute approximate surface area is 102 Å². The standard InChI is InChI=1S/C12H22N2O3/c1-4-8(2)9(3)14-11(17)13-7-12(5-6-12)10(15)16/h8-9H,4-7H2,1-3H3,(H,15,16)(H2,13,14,17). The van der Waals surface area contributed by atoms with Crippen LogP contribution < -0.4 is 10.6 Å². The second-order valence-electron chi connectivity index (χ2n) is 5.09. The first-order chi connectivity index (χ1) is 7.91. The molecule has 2 atom stereocenters. The molecule has 0 bridgehead atoms. The molecule has 0 aromatic rings. The van der Waals surface area contributed by atoms with E-state index in [2.05, 4.69) is 24.5 Å². The van der Waals surface area contributed by atoms with Gasteiger partial charge in [-0.05, 0) is 25.7 Å². The molecule has 2 unspecified atom stereocenters. The number of hydrogen-bond acceptors (Lipinski definition) is 2. The molecule has 0 radical (unpaired) electrons. The van der Waals surface area contributed by atoms with E-state index in [1.807, 2.05) is 6.92 Å². The second-order valence-corrected chi connectivity index (χ2v) is 5.09. The number of carboxylic acid groups (broad SMARTS) is 1. The van der Waals surface area contributed by atoms with Crippen LogP contribution in [0.3, 0.4) is 0 Å². The molecule has 98 valence electrons. The van der Waals surface area contributed by atoms with Gasteiger partial charge in [0.15, 0.2) is 0 Å². The van der Waals surface area contributed by atoms with Gasteiger partial charge in [0.25, 0.3) is 0 Å². The van der Waals surface area contributed by atoms with E-state index in [4.69, 9.17) is 5.11 Å². The fraction of sp³-hybridized carbons (Fsp3) is 0.833. The zero-order chi connectivity index (χ0) is 13.1. The number of hydrogen-bond donors (Lipinski definition) is 3. The molecule has 0 aliphatic heterocycles. The van der Waals surface area contributed by atoms with Gasteiger partial charge in [0.05, 0.1) is 5.41 Å². The quantitative estimate of drug-likeness (QED) is 0.661. The lowest BCUT2D eigenvalue weighted by molar-refractivity contribution is -0.143. The molecule has 17 heavy (non-hydrogen) atoms. The highest BCUT2D eigenvalue weighted by Crippen LogP contribution is 2.45. The third-order valence-electron chi connectivity index (χ3n) is 3.75. The lowest BCUT2D eigenvalue weighted by Crippen LogP contribution is -2.45. The summed E-state index contributed by atoms with van der Waals surface area (Å²) >= 11 is 0. The summed E-state index contributed by atoms with van der Waals surface area (Å²) in [5.41, 5.74) is -0.697. The van der Waals surface area contributed by atoms with Gasteiger partial charge in [-0.25, -0.2) is 4.79 Å². The van der Waals surface area contributed by atoms with Crippen LogP contribution >= 0.6 is 0 Å². The summed E-state index contributed by atoms with van der Waals surface area (Å²) in [5, 5.41) is 14.4. The molecule has 1 rings (SSSR count). The summed E-state index contributed by atoms with van der Waals surface area (Å²) in [4.78, 5) is 22.5.